The normalized spacial score (nSPS) is 21.8. The van der Waals surface area contributed by atoms with Crippen molar-refractivity contribution < 1.29 is 9.47 Å². The largest absolute Gasteiger partial charge is 0.385 e. The molecule has 0 radical (unpaired) electrons. The molecule has 2 heterocycles. The second-order valence-corrected chi connectivity index (χ2v) is 10.3. The zero-order valence-corrected chi connectivity index (χ0v) is 20.0. The minimum absolute atomic E-state index is 0.791. The summed E-state index contributed by atoms with van der Waals surface area (Å²) in [5, 5.41) is 0. The van der Waals surface area contributed by atoms with Gasteiger partial charge in [0.15, 0.2) is 0 Å². The van der Waals surface area contributed by atoms with E-state index in [-0.39, 0.29) is 0 Å². The van der Waals surface area contributed by atoms with E-state index in [1.165, 1.54) is 90.6 Å². The van der Waals surface area contributed by atoms with Gasteiger partial charge in [0.2, 0.25) is 0 Å². The van der Waals surface area contributed by atoms with Crippen LogP contribution in [0.1, 0.15) is 72.1 Å². The highest BCUT2D eigenvalue weighted by atomic mass is 16.5. The van der Waals surface area contributed by atoms with Gasteiger partial charge in [-0.15, -0.1) is 0 Å². The molecule has 0 amide bonds. The Kier molecular flexibility index (Phi) is 12.8. The maximum atomic E-state index is 5.98. The average molecular weight is 411 g/mol. The number of hydrogen-bond acceptors (Lipinski definition) is 4. The van der Waals surface area contributed by atoms with Gasteiger partial charge in [0.25, 0.3) is 0 Å². The number of hydrogen-bond donors (Lipinski definition) is 0. The Hall–Kier alpha value is -0.160. The summed E-state index contributed by atoms with van der Waals surface area (Å²) in [4.78, 5) is 5.33. The second-order valence-electron chi connectivity index (χ2n) is 10.3. The van der Waals surface area contributed by atoms with Crippen molar-refractivity contribution in [3.63, 3.8) is 0 Å². The number of piperidine rings is 2. The monoisotopic (exact) mass is 410 g/mol. The summed E-state index contributed by atoms with van der Waals surface area (Å²) in [5.74, 6) is 3.37. The standard InChI is InChI=1S/C25H50N2O2/c1-22(2)20-26-13-7-25(8-14-26)12-19-29-17-5-6-23(3)21-27-15-9-24(10-16-27)11-18-28-4/h22-25H,5-21H2,1-4H3. The Morgan fingerprint density at radius 1 is 0.759 bits per heavy atom. The molecule has 29 heavy (non-hydrogen) atoms. The number of ether oxygens (including phenoxy) is 2. The molecule has 0 aliphatic carbocycles. The Labute approximate surface area is 181 Å². The maximum absolute atomic E-state index is 5.98. The molecular formula is C25H50N2O2. The molecule has 0 aromatic heterocycles. The van der Waals surface area contributed by atoms with Crippen molar-refractivity contribution in [3.05, 3.63) is 0 Å². The molecule has 0 saturated carbocycles. The molecule has 1 unspecified atom stereocenters. The van der Waals surface area contributed by atoms with Crippen molar-refractivity contribution in [2.24, 2.45) is 23.7 Å². The molecule has 172 valence electrons. The predicted molar refractivity (Wildman–Crippen MR) is 123 cm³/mol. The van der Waals surface area contributed by atoms with E-state index in [1.807, 2.05) is 7.11 Å². The van der Waals surface area contributed by atoms with Crippen molar-refractivity contribution >= 4 is 0 Å². The maximum Gasteiger partial charge on any atom is 0.0468 e. The lowest BCUT2D eigenvalue weighted by Crippen LogP contribution is -2.37. The van der Waals surface area contributed by atoms with Crippen LogP contribution >= 0.6 is 0 Å². The van der Waals surface area contributed by atoms with Crippen LogP contribution in [-0.2, 0) is 9.47 Å². The molecule has 2 aliphatic rings. The van der Waals surface area contributed by atoms with Gasteiger partial charge in [-0.25, -0.2) is 0 Å². The van der Waals surface area contributed by atoms with Gasteiger partial charge in [-0.3, -0.25) is 0 Å². The summed E-state index contributed by atoms with van der Waals surface area (Å²) < 4.78 is 11.2. The van der Waals surface area contributed by atoms with Crippen LogP contribution in [0.3, 0.4) is 0 Å². The van der Waals surface area contributed by atoms with Crippen LogP contribution < -0.4 is 0 Å². The van der Waals surface area contributed by atoms with Gasteiger partial charge in [-0.1, -0.05) is 20.8 Å². The van der Waals surface area contributed by atoms with Crippen molar-refractivity contribution in [3.8, 4) is 0 Å². The van der Waals surface area contributed by atoms with Crippen LogP contribution in [0, 0.1) is 23.7 Å². The zero-order valence-electron chi connectivity index (χ0n) is 20.0. The molecule has 1 atom stereocenters. The molecule has 0 N–H and O–H groups in total. The van der Waals surface area contributed by atoms with Gasteiger partial charge in [-0.05, 0) is 101 Å². The Morgan fingerprint density at radius 3 is 1.86 bits per heavy atom. The molecule has 4 nitrogen and oxygen atoms in total. The summed E-state index contributed by atoms with van der Waals surface area (Å²) in [6, 6.07) is 0. The van der Waals surface area contributed by atoms with Gasteiger partial charge in [0, 0.05) is 40.0 Å². The minimum Gasteiger partial charge on any atom is -0.385 e. The van der Waals surface area contributed by atoms with Crippen LogP contribution in [0.4, 0.5) is 0 Å². The second kappa shape index (κ2) is 14.8. The van der Waals surface area contributed by atoms with Gasteiger partial charge in [0.05, 0.1) is 0 Å². The van der Waals surface area contributed by atoms with Crippen LogP contribution in [0.25, 0.3) is 0 Å². The highest BCUT2D eigenvalue weighted by Gasteiger charge is 2.21. The van der Waals surface area contributed by atoms with E-state index in [2.05, 4.69) is 30.6 Å². The third-order valence-electron chi connectivity index (χ3n) is 6.99. The molecule has 0 bridgehead atoms. The van der Waals surface area contributed by atoms with E-state index in [0.29, 0.717) is 0 Å². The first-order valence-electron chi connectivity index (χ1n) is 12.6. The number of methoxy groups -OCH3 is 1. The van der Waals surface area contributed by atoms with Crippen molar-refractivity contribution in [2.45, 2.75) is 72.1 Å². The van der Waals surface area contributed by atoms with Crippen LogP contribution in [0.5, 0.6) is 0 Å². The Morgan fingerprint density at radius 2 is 1.31 bits per heavy atom. The lowest BCUT2D eigenvalue weighted by atomic mass is 9.93. The quantitative estimate of drug-likeness (QED) is 0.379. The van der Waals surface area contributed by atoms with Crippen molar-refractivity contribution in [1.82, 2.24) is 9.80 Å². The summed E-state index contributed by atoms with van der Waals surface area (Å²) in [7, 11) is 1.82. The molecular weight excluding hydrogens is 360 g/mol. The van der Waals surface area contributed by atoms with E-state index >= 15 is 0 Å². The SMILES string of the molecule is COCCC1CCN(CC(C)CCCOCCC2CCN(CC(C)C)CC2)CC1. The highest BCUT2D eigenvalue weighted by Crippen LogP contribution is 2.23. The molecule has 0 spiro atoms. The van der Waals surface area contributed by atoms with Gasteiger partial charge < -0.3 is 19.3 Å². The molecule has 2 saturated heterocycles. The van der Waals surface area contributed by atoms with Crippen LogP contribution in [0.2, 0.25) is 0 Å². The topological polar surface area (TPSA) is 24.9 Å². The molecule has 0 aromatic carbocycles. The fraction of sp³-hybridized carbons (Fsp3) is 1.00. The summed E-state index contributed by atoms with van der Waals surface area (Å²) in [6.07, 6.45) is 10.5. The third-order valence-corrected chi connectivity index (χ3v) is 6.99. The smallest absolute Gasteiger partial charge is 0.0468 e. The lowest BCUT2D eigenvalue weighted by molar-refractivity contribution is 0.0916. The van der Waals surface area contributed by atoms with Gasteiger partial charge in [0.1, 0.15) is 0 Å². The Balaban J connectivity index is 1.41. The fourth-order valence-electron chi connectivity index (χ4n) is 5.13. The van der Waals surface area contributed by atoms with Gasteiger partial charge in [-0.2, -0.15) is 0 Å². The number of likely N-dealkylation sites (tertiary alicyclic amines) is 2. The third kappa shape index (κ3) is 11.1. The van der Waals surface area contributed by atoms with Crippen molar-refractivity contribution in [2.75, 3.05) is 66.2 Å². The summed E-state index contributed by atoms with van der Waals surface area (Å²) in [6.45, 7) is 17.6. The van der Waals surface area contributed by atoms with Crippen LogP contribution in [0.15, 0.2) is 0 Å². The molecule has 2 aliphatic heterocycles. The lowest BCUT2D eigenvalue weighted by Gasteiger charge is -2.33. The first kappa shape index (κ1) is 25.1. The summed E-state index contributed by atoms with van der Waals surface area (Å²) in [5.41, 5.74) is 0. The molecule has 2 rings (SSSR count). The van der Waals surface area contributed by atoms with E-state index in [9.17, 15) is 0 Å². The Bertz CT molecular complexity index is 388. The molecule has 2 fully saturated rings. The number of rotatable bonds is 14. The zero-order chi connectivity index (χ0) is 20.9. The fourth-order valence-corrected chi connectivity index (χ4v) is 5.13. The van der Waals surface area contributed by atoms with E-state index in [0.717, 1.165) is 43.5 Å². The van der Waals surface area contributed by atoms with Crippen LogP contribution in [-0.4, -0.2) is 76.0 Å². The number of nitrogens with zero attached hydrogens (tertiary/aromatic N) is 2. The predicted octanol–water partition coefficient (Wildman–Crippen LogP) is 4.93. The van der Waals surface area contributed by atoms with Gasteiger partial charge >= 0.3 is 0 Å². The first-order chi connectivity index (χ1) is 14.1. The highest BCUT2D eigenvalue weighted by molar-refractivity contribution is 4.74. The minimum atomic E-state index is 0.791. The van der Waals surface area contributed by atoms with E-state index in [1.54, 1.807) is 0 Å². The van der Waals surface area contributed by atoms with E-state index < -0.39 is 0 Å². The summed E-state index contributed by atoms with van der Waals surface area (Å²) >= 11 is 0. The van der Waals surface area contributed by atoms with E-state index in [4.69, 9.17) is 9.47 Å². The molecule has 4 heteroatoms. The van der Waals surface area contributed by atoms with Crippen molar-refractivity contribution in [1.29, 1.82) is 0 Å². The average Bonchev–Trinajstić information content (AvgIpc) is 2.71. The molecule has 0 aromatic rings. The first-order valence-corrected chi connectivity index (χ1v) is 12.6.